The fourth-order valence-corrected chi connectivity index (χ4v) is 3.35. The molecule has 0 atom stereocenters. The molecule has 0 aliphatic carbocycles. The molecule has 0 unspecified atom stereocenters. The van der Waals surface area contributed by atoms with Gasteiger partial charge in [0.25, 0.3) is 5.91 Å². The van der Waals surface area contributed by atoms with E-state index in [1.165, 1.54) is 11.1 Å². The second-order valence-corrected chi connectivity index (χ2v) is 6.64. The fourth-order valence-electron chi connectivity index (χ4n) is 3.35. The minimum Gasteiger partial charge on any atom is -0.348 e. The number of nitrogens with one attached hydrogen (secondary N) is 2. The molecule has 1 amide bonds. The lowest BCUT2D eigenvalue weighted by molar-refractivity contribution is 0.0950. The molecule has 3 aromatic rings. The largest absolute Gasteiger partial charge is 0.348 e. The van der Waals surface area contributed by atoms with Crippen LogP contribution in [-0.2, 0) is 26.1 Å². The normalized spacial score (nSPS) is 13.2. The summed E-state index contributed by atoms with van der Waals surface area (Å²) in [6.45, 7) is 4.86. The maximum Gasteiger partial charge on any atom is 0.251 e. The van der Waals surface area contributed by atoms with Crippen molar-refractivity contribution in [3.63, 3.8) is 0 Å². The molecule has 0 saturated carbocycles. The predicted molar refractivity (Wildman–Crippen MR) is 98.9 cm³/mol. The van der Waals surface area contributed by atoms with E-state index in [0.29, 0.717) is 18.7 Å². The molecule has 1 aliphatic heterocycles. The third-order valence-corrected chi connectivity index (χ3v) is 4.85. The number of amides is 1. The monoisotopic (exact) mass is 363 g/mol. The van der Waals surface area contributed by atoms with E-state index in [1.807, 2.05) is 37.4 Å². The van der Waals surface area contributed by atoms with E-state index in [9.17, 15) is 4.79 Å². The van der Waals surface area contributed by atoms with Crippen LogP contribution in [0, 0.1) is 6.92 Å². The van der Waals surface area contributed by atoms with Crippen molar-refractivity contribution in [2.75, 3.05) is 6.54 Å². The van der Waals surface area contributed by atoms with Crippen molar-refractivity contribution in [3.8, 4) is 0 Å². The first kappa shape index (κ1) is 17.3. The van der Waals surface area contributed by atoms with Crippen molar-refractivity contribution in [2.24, 2.45) is 0 Å². The summed E-state index contributed by atoms with van der Waals surface area (Å²) in [7, 11) is 0. The Morgan fingerprint density at radius 3 is 2.93 bits per heavy atom. The molecule has 8 heteroatoms. The smallest absolute Gasteiger partial charge is 0.251 e. The molecule has 0 radical (unpaired) electrons. The number of carbonyl (C=O) groups is 1. The van der Waals surface area contributed by atoms with Crippen LogP contribution < -0.4 is 10.6 Å². The Kier molecular flexibility index (Phi) is 4.88. The van der Waals surface area contributed by atoms with E-state index in [2.05, 4.69) is 31.1 Å². The Morgan fingerprint density at radius 2 is 2.15 bits per heavy atom. The van der Waals surface area contributed by atoms with E-state index < -0.39 is 0 Å². The maximum absolute atomic E-state index is 12.5. The van der Waals surface area contributed by atoms with Gasteiger partial charge >= 0.3 is 0 Å². The minimum absolute atomic E-state index is 0.0880. The second kappa shape index (κ2) is 7.63. The number of aryl methyl sites for hydroxylation is 1. The van der Waals surface area contributed by atoms with E-state index in [-0.39, 0.29) is 5.91 Å². The summed E-state index contributed by atoms with van der Waals surface area (Å²) in [5.74, 6) is -0.0880. The molecule has 1 aliphatic rings. The highest BCUT2D eigenvalue weighted by Gasteiger charge is 2.16. The van der Waals surface area contributed by atoms with Gasteiger partial charge in [-0.2, -0.15) is 0 Å². The maximum atomic E-state index is 12.5. The number of nitrogens with zero attached hydrogens (tertiary/aromatic N) is 5. The molecule has 0 spiro atoms. The fraction of sp³-hybridized carbons (Fsp3) is 0.316. The summed E-state index contributed by atoms with van der Waals surface area (Å²) in [4.78, 5) is 17.0. The van der Waals surface area contributed by atoms with E-state index in [1.54, 1.807) is 11.0 Å². The lowest BCUT2D eigenvalue weighted by Crippen LogP contribution is -2.28. The van der Waals surface area contributed by atoms with Crippen LogP contribution >= 0.6 is 0 Å². The molecule has 0 saturated heterocycles. The highest BCUT2D eigenvalue weighted by molar-refractivity contribution is 5.94. The van der Waals surface area contributed by atoms with E-state index in [0.717, 1.165) is 36.3 Å². The van der Waals surface area contributed by atoms with Gasteiger partial charge in [-0.1, -0.05) is 12.1 Å². The first-order chi connectivity index (χ1) is 13.2. The van der Waals surface area contributed by atoms with Crippen molar-refractivity contribution in [3.05, 3.63) is 70.3 Å². The van der Waals surface area contributed by atoms with Crippen LogP contribution in [0.3, 0.4) is 0 Å². The second-order valence-electron chi connectivity index (χ2n) is 6.64. The number of benzene rings is 1. The van der Waals surface area contributed by atoms with E-state index in [4.69, 9.17) is 0 Å². The van der Waals surface area contributed by atoms with Gasteiger partial charge in [-0.05, 0) is 64.7 Å². The van der Waals surface area contributed by atoms with Crippen molar-refractivity contribution in [2.45, 2.75) is 33.0 Å². The molecular weight excluding hydrogens is 342 g/mol. The SMILES string of the molecule is Cc1ncc2c(c1CNC(=O)c1ccc(Cn3cnnn3)cc1)CCNC2. The van der Waals surface area contributed by atoms with Crippen LogP contribution in [-0.4, -0.2) is 37.6 Å². The molecule has 2 aromatic heterocycles. The van der Waals surface area contributed by atoms with Crippen molar-refractivity contribution in [1.82, 2.24) is 35.8 Å². The van der Waals surface area contributed by atoms with Gasteiger partial charge in [0.1, 0.15) is 6.33 Å². The van der Waals surface area contributed by atoms with Crippen LogP contribution in [0.15, 0.2) is 36.8 Å². The minimum atomic E-state index is -0.0880. The topological polar surface area (TPSA) is 97.6 Å². The Balaban J connectivity index is 1.42. The summed E-state index contributed by atoms with van der Waals surface area (Å²) in [5, 5.41) is 17.5. The van der Waals surface area contributed by atoms with Gasteiger partial charge in [0.2, 0.25) is 0 Å². The zero-order valence-electron chi connectivity index (χ0n) is 15.1. The molecule has 3 heterocycles. The predicted octanol–water partition coefficient (Wildman–Crippen LogP) is 1.00. The quantitative estimate of drug-likeness (QED) is 0.702. The number of rotatable bonds is 5. The van der Waals surface area contributed by atoms with Crippen LogP contribution in [0.1, 0.15) is 38.3 Å². The standard InChI is InChI=1S/C19H21N7O/c1-13-18(17-6-7-20-8-16(17)9-21-13)10-22-19(27)15-4-2-14(3-5-15)11-26-12-23-24-25-26/h2-5,9,12,20H,6-8,10-11H2,1H3,(H,22,27). The van der Waals surface area contributed by atoms with Gasteiger partial charge in [0.15, 0.2) is 0 Å². The average molecular weight is 363 g/mol. The Morgan fingerprint density at radius 1 is 1.30 bits per heavy atom. The molecule has 4 rings (SSSR count). The Bertz CT molecular complexity index is 935. The number of aromatic nitrogens is 5. The van der Waals surface area contributed by atoms with Crippen molar-refractivity contribution in [1.29, 1.82) is 0 Å². The lowest BCUT2D eigenvalue weighted by atomic mass is 9.96. The summed E-state index contributed by atoms with van der Waals surface area (Å²) < 4.78 is 1.64. The number of carbonyl (C=O) groups excluding carboxylic acids is 1. The third-order valence-electron chi connectivity index (χ3n) is 4.85. The van der Waals surface area contributed by atoms with Crippen LogP contribution in [0.4, 0.5) is 0 Å². The highest BCUT2D eigenvalue weighted by atomic mass is 16.1. The molecule has 27 heavy (non-hydrogen) atoms. The number of pyridine rings is 1. The van der Waals surface area contributed by atoms with Gasteiger partial charge in [-0.3, -0.25) is 9.78 Å². The third kappa shape index (κ3) is 3.85. The molecule has 2 N–H and O–H groups in total. The lowest BCUT2D eigenvalue weighted by Gasteiger charge is -2.21. The van der Waals surface area contributed by atoms with Crippen LogP contribution in [0.25, 0.3) is 0 Å². The molecule has 0 bridgehead atoms. The average Bonchev–Trinajstić information content (AvgIpc) is 3.20. The molecular formula is C19H21N7O. The number of hydrogen-bond acceptors (Lipinski definition) is 6. The first-order valence-electron chi connectivity index (χ1n) is 8.95. The van der Waals surface area contributed by atoms with Gasteiger partial charge in [0.05, 0.1) is 6.54 Å². The zero-order chi connectivity index (χ0) is 18.6. The molecule has 1 aromatic carbocycles. The summed E-state index contributed by atoms with van der Waals surface area (Å²) >= 11 is 0. The van der Waals surface area contributed by atoms with Gasteiger partial charge < -0.3 is 10.6 Å². The van der Waals surface area contributed by atoms with Crippen LogP contribution in [0.5, 0.6) is 0 Å². The molecule has 0 fully saturated rings. The Hall–Kier alpha value is -3.13. The van der Waals surface area contributed by atoms with Gasteiger partial charge in [0, 0.05) is 30.5 Å². The van der Waals surface area contributed by atoms with Crippen molar-refractivity contribution >= 4 is 5.91 Å². The molecule has 8 nitrogen and oxygen atoms in total. The van der Waals surface area contributed by atoms with Gasteiger partial charge in [-0.15, -0.1) is 5.10 Å². The Labute approximate surface area is 157 Å². The number of fused-ring (bicyclic) bond motifs is 1. The summed E-state index contributed by atoms with van der Waals surface area (Å²) in [6, 6.07) is 7.48. The molecule has 138 valence electrons. The first-order valence-corrected chi connectivity index (χ1v) is 8.95. The highest BCUT2D eigenvalue weighted by Crippen LogP contribution is 2.20. The van der Waals surface area contributed by atoms with Gasteiger partial charge in [-0.25, -0.2) is 4.68 Å². The summed E-state index contributed by atoms with van der Waals surface area (Å²) in [6.07, 6.45) is 4.47. The zero-order valence-corrected chi connectivity index (χ0v) is 15.1. The summed E-state index contributed by atoms with van der Waals surface area (Å²) in [5.41, 5.74) is 6.32. The number of tetrazole rings is 1. The van der Waals surface area contributed by atoms with E-state index >= 15 is 0 Å². The number of hydrogen-bond donors (Lipinski definition) is 2. The van der Waals surface area contributed by atoms with Crippen molar-refractivity contribution < 1.29 is 4.79 Å². The van der Waals surface area contributed by atoms with Crippen LogP contribution in [0.2, 0.25) is 0 Å².